The molecule has 2 N–H and O–H groups in total. The number of carbonyl (C=O) groups excluding carboxylic acids is 1. The molecule has 3 aromatic rings. The van der Waals surface area contributed by atoms with Crippen LogP contribution in [-0.4, -0.2) is 32.3 Å². The molecule has 6 nitrogen and oxygen atoms in total. The number of nitrogens with zero attached hydrogens (tertiary/aromatic N) is 1. The van der Waals surface area contributed by atoms with Gasteiger partial charge in [-0.2, -0.15) is 13.2 Å². The van der Waals surface area contributed by atoms with E-state index in [1.54, 1.807) is 17.5 Å². The molecule has 3 rings (SSSR count). The van der Waals surface area contributed by atoms with E-state index in [2.05, 4.69) is 15.0 Å². The molecule has 0 radical (unpaired) electrons. The molecule has 0 bridgehead atoms. The molecule has 33 heavy (non-hydrogen) atoms. The van der Waals surface area contributed by atoms with Crippen molar-refractivity contribution in [1.82, 2.24) is 9.71 Å². The van der Waals surface area contributed by atoms with Gasteiger partial charge in [0.05, 0.1) is 10.6 Å². The highest BCUT2D eigenvalue weighted by Gasteiger charge is 2.32. The number of thiazole rings is 1. The molecule has 0 aliphatic rings. The fraction of sp³-hybridized carbons (Fsp3) is 0.238. The molecule has 1 heterocycles. The van der Waals surface area contributed by atoms with Crippen molar-refractivity contribution in [3.63, 3.8) is 0 Å². The van der Waals surface area contributed by atoms with Crippen LogP contribution in [0.2, 0.25) is 5.02 Å². The van der Waals surface area contributed by atoms with Crippen molar-refractivity contribution in [2.75, 3.05) is 18.4 Å². The summed E-state index contributed by atoms with van der Waals surface area (Å²) >= 11 is 7.04. The minimum absolute atomic E-state index is 0.0394. The van der Waals surface area contributed by atoms with Gasteiger partial charge >= 0.3 is 6.18 Å². The molecule has 176 valence electrons. The van der Waals surface area contributed by atoms with Crippen molar-refractivity contribution in [2.24, 2.45) is 0 Å². The number of anilines is 1. The first-order chi connectivity index (χ1) is 15.5. The van der Waals surface area contributed by atoms with Crippen LogP contribution in [0.1, 0.15) is 33.6 Å². The van der Waals surface area contributed by atoms with E-state index in [1.807, 2.05) is 19.1 Å². The summed E-state index contributed by atoms with van der Waals surface area (Å²) in [5.74, 6) is -0.192. The molecule has 0 aliphatic heterocycles. The van der Waals surface area contributed by atoms with Gasteiger partial charge in [-0.25, -0.2) is 18.1 Å². The van der Waals surface area contributed by atoms with Crippen molar-refractivity contribution in [3.05, 3.63) is 75.3 Å². The van der Waals surface area contributed by atoms with Crippen molar-refractivity contribution < 1.29 is 26.4 Å². The van der Waals surface area contributed by atoms with Gasteiger partial charge in [0.2, 0.25) is 15.8 Å². The first kappa shape index (κ1) is 25.2. The second kappa shape index (κ2) is 10.2. The van der Waals surface area contributed by atoms with Crippen LogP contribution in [0, 0.1) is 6.92 Å². The van der Waals surface area contributed by atoms with Crippen LogP contribution in [0.25, 0.3) is 0 Å². The van der Waals surface area contributed by atoms with Crippen molar-refractivity contribution >= 4 is 43.9 Å². The predicted octanol–water partition coefficient (Wildman–Crippen LogP) is 5.14. The lowest BCUT2D eigenvalue weighted by Gasteiger charge is -2.12. The highest BCUT2D eigenvalue weighted by Crippen LogP contribution is 2.33. The largest absolute Gasteiger partial charge is 0.416 e. The zero-order valence-electron chi connectivity index (χ0n) is 17.2. The minimum Gasteiger partial charge on any atom is -0.361 e. The molecular formula is C21H19ClF3N3O3S2. The Morgan fingerprint density at radius 3 is 2.58 bits per heavy atom. The van der Waals surface area contributed by atoms with Gasteiger partial charge in [-0.05, 0) is 37.1 Å². The topological polar surface area (TPSA) is 88.2 Å². The Hall–Kier alpha value is -2.47. The van der Waals surface area contributed by atoms with Crippen LogP contribution in [0.4, 0.5) is 18.3 Å². The number of sulfonamides is 1. The van der Waals surface area contributed by atoms with E-state index in [0.29, 0.717) is 35.4 Å². The maximum absolute atomic E-state index is 12.9. The Morgan fingerprint density at radius 1 is 1.15 bits per heavy atom. The zero-order chi connectivity index (χ0) is 24.2. The third-order valence-corrected chi connectivity index (χ3v) is 7.34. The molecule has 12 heteroatoms. The number of halogens is 4. The molecule has 0 fully saturated rings. The van der Waals surface area contributed by atoms with Crippen LogP contribution in [0.3, 0.4) is 0 Å². The predicted molar refractivity (Wildman–Crippen MR) is 121 cm³/mol. The molecule has 0 atom stereocenters. The summed E-state index contributed by atoms with van der Waals surface area (Å²) < 4.78 is 65.6. The van der Waals surface area contributed by atoms with Gasteiger partial charge in [0.15, 0.2) is 5.13 Å². The Kier molecular flexibility index (Phi) is 7.78. The fourth-order valence-electron chi connectivity index (χ4n) is 2.88. The molecule has 0 unspecified atom stereocenters. The third kappa shape index (κ3) is 6.32. The van der Waals surface area contributed by atoms with E-state index in [-0.39, 0.29) is 17.4 Å². The standard InChI is InChI=1S/C21H19ClF3N3O3S2/c1-13-5-2-3-6-15(13)19(29)17-12-32-20(28-17)26-9-4-10-27-33(30,31)18-11-14(21(23,24)25)7-8-16(18)22/h2-3,5-8,11-12,27H,4,9-10H2,1H3,(H,26,28). The average molecular weight is 518 g/mol. The summed E-state index contributed by atoms with van der Waals surface area (Å²) in [7, 11) is -4.23. The van der Waals surface area contributed by atoms with Crippen molar-refractivity contribution in [3.8, 4) is 0 Å². The lowest BCUT2D eigenvalue weighted by molar-refractivity contribution is -0.137. The molecule has 0 spiro atoms. The monoisotopic (exact) mass is 517 g/mol. The lowest BCUT2D eigenvalue weighted by Crippen LogP contribution is -2.26. The van der Waals surface area contributed by atoms with E-state index in [1.165, 1.54) is 11.3 Å². The quantitative estimate of drug-likeness (QED) is 0.303. The maximum atomic E-state index is 12.9. The smallest absolute Gasteiger partial charge is 0.361 e. The fourth-order valence-corrected chi connectivity index (χ4v) is 5.20. The van der Waals surface area contributed by atoms with Gasteiger partial charge < -0.3 is 5.32 Å². The normalized spacial score (nSPS) is 12.0. The Labute approximate surface area is 197 Å². The molecule has 2 aromatic carbocycles. The summed E-state index contributed by atoms with van der Waals surface area (Å²) in [4.78, 5) is 16.2. The second-order valence-corrected chi connectivity index (χ2v) is 10.0. The van der Waals surface area contributed by atoms with Crippen LogP contribution in [0.5, 0.6) is 0 Å². The zero-order valence-corrected chi connectivity index (χ0v) is 19.6. The molecule has 0 aliphatic carbocycles. The van der Waals surface area contributed by atoms with E-state index >= 15 is 0 Å². The number of aryl methyl sites for hydroxylation is 1. The molecule has 0 saturated carbocycles. The van der Waals surface area contributed by atoms with Gasteiger partial charge in [0.1, 0.15) is 10.6 Å². The lowest BCUT2D eigenvalue weighted by atomic mass is 10.0. The van der Waals surface area contributed by atoms with E-state index in [0.717, 1.165) is 17.7 Å². The molecule has 0 amide bonds. The van der Waals surface area contributed by atoms with Crippen LogP contribution < -0.4 is 10.0 Å². The van der Waals surface area contributed by atoms with Crippen molar-refractivity contribution in [1.29, 1.82) is 0 Å². The third-order valence-electron chi connectivity index (χ3n) is 4.60. The Balaban J connectivity index is 1.53. The summed E-state index contributed by atoms with van der Waals surface area (Å²) in [6.45, 7) is 2.12. The van der Waals surface area contributed by atoms with E-state index < -0.39 is 26.7 Å². The van der Waals surface area contributed by atoms with Gasteiger partial charge in [0.25, 0.3) is 0 Å². The highest BCUT2D eigenvalue weighted by atomic mass is 35.5. The number of ketones is 1. The number of alkyl halides is 3. The molecule has 1 aromatic heterocycles. The number of nitrogens with one attached hydrogen (secondary N) is 2. The SMILES string of the molecule is Cc1ccccc1C(=O)c1csc(NCCCNS(=O)(=O)c2cc(C(F)(F)F)ccc2Cl)n1. The molecule has 0 saturated heterocycles. The van der Waals surface area contributed by atoms with Gasteiger partial charge in [-0.15, -0.1) is 11.3 Å². The number of hydrogen-bond donors (Lipinski definition) is 2. The number of aromatic nitrogens is 1. The van der Waals surface area contributed by atoms with E-state index in [4.69, 9.17) is 11.6 Å². The minimum atomic E-state index is -4.69. The summed E-state index contributed by atoms with van der Waals surface area (Å²) in [6, 6.07) is 9.32. The summed E-state index contributed by atoms with van der Waals surface area (Å²) in [5, 5.41) is 4.82. The molecular weight excluding hydrogens is 499 g/mol. The number of carbonyl (C=O) groups is 1. The van der Waals surface area contributed by atoms with Gasteiger partial charge in [-0.1, -0.05) is 35.9 Å². The number of benzene rings is 2. The number of rotatable bonds is 9. The van der Waals surface area contributed by atoms with Crippen molar-refractivity contribution in [2.45, 2.75) is 24.4 Å². The Morgan fingerprint density at radius 2 is 1.88 bits per heavy atom. The highest BCUT2D eigenvalue weighted by molar-refractivity contribution is 7.89. The van der Waals surface area contributed by atoms with Gasteiger partial charge in [0, 0.05) is 24.0 Å². The maximum Gasteiger partial charge on any atom is 0.416 e. The van der Waals surface area contributed by atoms with Crippen LogP contribution in [-0.2, 0) is 16.2 Å². The first-order valence-corrected chi connectivity index (χ1v) is 12.4. The van der Waals surface area contributed by atoms with Crippen LogP contribution >= 0.6 is 22.9 Å². The van der Waals surface area contributed by atoms with Gasteiger partial charge in [-0.3, -0.25) is 4.79 Å². The summed E-state index contributed by atoms with van der Waals surface area (Å²) in [5.41, 5.74) is 0.612. The average Bonchev–Trinajstić information content (AvgIpc) is 3.21. The second-order valence-electron chi connectivity index (χ2n) is 7.00. The van der Waals surface area contributed by atoms with E-state index in [9.17, 15) is 26.4 Å². The van der Waals surface area contributed by atoms with Crippen LogP contribution in [0.15, 0.2) is 52.7 Å². The first-order valence-electron chi connectivity index (χ1n) is 9.65. The number of hydrogen-bond acceptors (Lipinski definition) is 6. The summed E-state index contributed by atoms with van der Waals surface area (Å²) in [6.07, 6.45) is -4.37. The Bertz CT molecular complexity index is 1260.